The number of halogens is 1. The average molecular weight is 237 g/mol. The fourth-order valence-corrected chi connectivity index (χ4v) is 2.28. The standard InChI is InChI=1S/C14H17ClO/c15-13-6-4-12(5-7-13)8-11-14(16)9-2-1-3-10-14/h4-8,11,16H,1-3,9-10H2/b11-8+. The summed E-state index contributed by atoms with van der Waals surface area (Å²) in [5.41, 5.74) is 0.501. The van der Waals surface area contributed by atoms with Crippen LogP contribution in [0.3, 0.4) is 0 Å². The highest BCUT2D eigenvalue weighted by Gasteiger charge is 2.25. The van der Waals surface area contributed by atoms with E-state index < -0.39 is 5.60 Å². The monoisotopic (exact) mass is 236 g/mol. The lowest BCUT2D eigenvalue weighted by molar-refractivity contribution is 0.0521. The van der Waals surface area contributed by atoms with Crippen LogP contribution in [0.1, 0.15) is 37.7 Å². The third-order valence-electron chi connectivity index (χ3n) is 3.18. The fourth-order valence-electron chi connectivity index (χ4n) is 2.16. The molecule has 1 saturated carbocycles. The van der Waals surface area contributed by atoms with Crippen LogP contribution in [0.5, 0.6) is 0 Å². The van der Waals surface area contributed by atoms with Crippen LogP contribution < -0.4 is 0 Å². The van der Waals surface area contributed by atoms with Gasteiger partial charge in [0.15, 0.2) is 0 Å². The Balaban J connectivity index is 2.05. The van der Waals surface area contributed by atoms with Gasteiger partial charge in [0.25, 0.3) is 0 Å². The highest BCUT2D eigenvalue weighted by Crippen LogP contribution is 2.29. The molecule has 1 aliphatic carbocycles. The second-order valence-electron chi connectivity index (χ2n) is 4.55. The Morgan fingerprint density at radius 2 is 1.69 bits per heavy atom. The van der Waals surface area contributed by atoms with Crippen molar-refractivity contribution >= 4 is 17.7 Å². The maximum atomic E-state index is 10.3. The van der Waals surface area contributed by atoms with Gasteiger partial charge in [0.05, 0.1) is 5.60 Å². The minimum Gasteiger partial charge on any atom is -0.386 e. The van der Waals surface area contributed by atoms with Crippen LogP contribution in [0, 0.1) is 0 Å². The van der Waals surface area contributed by atoms with Crippen LogP contribution in [0.2, 0.25) is 5.02 Å². The number of hydrogen-bond acceptors (Lipinski definition) is 1. The van der Waals surface area contributed by atoms with Crippen LogP contribution in [-0.4, -0.2) is 10.7 Å². The zero-order chi connectivity index (χ0) is 11.4. The van der Waals surface area contributed by atoms with Crippen molar-refractivity contribution in [3.63, 3.8) is 0 Å². The third kappa shape index (κ3) is 3.10. The van der Waals surface area contributed by atoms with Crippen molar-refractivity contribution in [3.8, 4) is 0 Å². The largest absolute Gasteiger partial charge is 0.386 e. The Labute approximate surface area is 102 Å². The molecule has 0 amide bonds. The van der Waals surface area contributed by atoms with Gasteiger partial charge in [-0.2, -0.15) is 0 Å². The molecule has 16 heavy (non-hydrogen) atoms. The van der Waals surface area contributed by atoms with Crippen LogP contribution in [-0.2, 0) is 0 Å². The summed E-state index contributed by atoms with van der Waals surface area (Å²) in [6, 6.07) is 7.66. The van der Waals surface area contributed by atoms with E-state index in [-0.39, 0.29) is 0 Å². The summed E-state index contributed by atoms with van der Waals surface area (Å²) in [5, 5.41) is 11.0. The molecule has 0 aliphatic heterocycles. The van der Waals surface area contributed by atoms with E-state index in [9.17, 15) is 5.11 Å². The minimum absolute atomic E-state index is 0.585. The normalized spacial score (nSPS) is 20.1. The van der Waals surface area contributed by atoms with Crippen LogP contribution >= 0.6 is 11.6 Å². The van der Waals surface area contributed by atoms with E-state index in [0.717, 1.165) is 36.3 Å². The molecule has 1 aromatic rings. The molecule has 0 aromatic heterocycles. The number of aliphatic hydroxyl groups is 1. The number of benzene rings is 1. The molecule has 1 nitrogen and oxygen atoms in total. The molecule has 0 heterocycles. The van der Waals surface area contributed by atoms with Gasteiger partial charge in [-0.05, 0) is 30.5 Å². The summed E-state index contributed by atoms with van der Waals surface area (Å²) >= 11 is 5.81. The molecule has 0 spiro atoms. The van der Waals surface area contributed by atoms with Gasteiger partial charge in [-0.1, -0.05) is 55.1 Å². The number of hydrogen-bond donors (Lipinski definition) is 1. The molecule has 2 rings (SSSR count). The molecule has 2 heteroatoms. The van der Waals surface area contributed by atoms with Gasteiger partial charge in [0.2, 0.25) is 0 Å². The second-order valence-corrected chi connectivity index (χ2v) is 4.99. The molecule has 86 valence electrons. The molecule has 1 N–H and O–H groups in total. The van der Waals surface area contributed by atoms with Crippen molar-refractivity contribution in [2.75, 3.05) is 0 Å². The zero-order valence-corrected chi connectivity index (χ0v) is 10.1. The van der Waals surface area contributed by atoms with Crippen molar-refractivity contribution in [1.29, 1.82) is 0 Å². The zero-order valence-electron chi connectivity index (χ0n) is 9.32. The van der Waals surface area contributed by atoms with Gasteiger partial charge in [-0.3, -0.25) is 0 Å². The summed E-state index contributed by atoms with van der Waals surface area (Å²) < 4.78 is 0. The fraction of sp³-hybridized carbons (Fsp3) is 0.429. The van der Waals surface area contributed by atoms with Gasteiger partial charge in [-0.25, -0.2) is 0 Å². The molecule has 0 saturated heterocycles. The van der Waals surface area contributed by atoms with E-state index >= 15 is 0 Å². The lowest BCUT2D eigenvalue weighted by Gasteiger charge is -2.28. The maximum Gasteiger partial charge on any atom is 0.0830 e. The van der Waals surface area contributed by atoms with Crippen molar-refractivity contribution in [3.05, 3.63) is 40.9 Å². The van der Waals surface area contributed by atoms with E-state index in [1.807, 2.05) is 36.4 Å². The molecule has 0 bridgehead atoms. The van der Waals surface area contributed by atoms with Gasteiger partial charge in [0, 0.05) is 5.02 Å². The van der Waals surface area contributed by atoms with E-state index in [2.05, 4.69) is 0 Å². The Bertz CT molecular complexity index is 361. The summed E-state index contributed by atoms with van der Waals surface area (Å²) in [6.07, 6.45) is 9.20. The van der Waals surface area contributed by atoms with E-state index in [4.69, 9.17) is 11.6 Å². The molecular formula is C14H17ClO. The van der Waals surface area contributed by atoms with Gasteiger partial charge in [0.1, 0.15) is 0 Å². The first-order chi connectivity index (χ1) is 7.68. The van der Waals surface area contributed by atoms with E-state index in [1.165, 1.54) is 6.42 Å². The van der Waals surface area contributed by atoms with Crippen LogP contribution in [0.4, 0.5) is 0 Å². The summed E-state index contributed by atoms with van der Waals surface area (Å²) in [4.78, 5) is 0. The number of rotatable bonds is 2. The quantitative estimate of drug-likeness (QED) is 0.822. The second kappa shape index (κ2) is 5.03. The van der Waals surface area contributed by atoms with Gasteiger partial charge < -0.3 is 5.11 Å². The lowest BCUT2D eigenvalue weighted by Crippen LogP contribution is -2.28. The van der Waals surface area contributed by atoms with Gasteiger partial charge in [-0.15, -0.1) is 0 Å². The summed E-state index contributed by atoms with van der Waals surface area (Å²) in [5.74, 6) is 0. The third-order valence-corrected chi connectivity index (χ3v) is 3.43. The van der Waals surface area contributed by atoms with Gasteiger partial charge >= 0.3 is 0 Å². The smallest absolute Gasteiger partial charge is 0.0830 e. The summed E-state index contributed by atoms with van der Waals surface area (Å²) in [7, 11) is 0. The molecule has 1 aromatic carbocycles. The minimum atomic E-state index is -0.585. The highest BCUT2D eigenvalue weighted by atomic mass is 35.5. The Kier molecular flexibility index (Phi) is 3.67. The van der Waals surface area contributed by atoms with E-state index in [0.29, 0.717) is 0 Å². The molecular weight excluding hydrogens is 220 g/mol. The predicted molar refractivity (Wildman–Crippen MR) is 68.5 cm³/mol. The highest BCUT2D eigenvalue weighted by molar-refractivity contribution is 6.30. The average Bonchev–Trinajstić information content (AvgIpc) is 2.29. The molecule has 0 atom stereocenters. The lowest BCUT2D eigenvalue weighted by atomic mass is 9.84. The Morgan fingerprint density at radius 3 is 2.31 bits per heavy atom. The van der Waals surface area contributed by atoms with Crippen molar-refractivity contribution < 1.29 is 5.11 Å². The van der Waals surface area contributed by atoms with Crippen molar-refractivity contribution in [1.82, 2.24) is 0 Å². The first kappa shape index (κ1) is 11.7. The Morgan fingerprint density at radius 1 is 1.06 bits per heavy atom. The van der Waals surface area contributed by atoms with E-state index in [1.54, 1.807) is 0 Å². The molecule has 1 fully saturated rings. The molecule has 0 unspecified atom stereocenters. The first-order valence-electron chi connectivity index (χ1n) is 5.85. The van der Waals surface area contributed by atoms with Crippen LogP contribution in [0.15, 0.2) is 30.3 Å². The molecule has 1 aliphatic rings. The molecule has 0 radical (unpaired) electrons. The Hall–Kier alpha value is -0.790. The predicted octanol–water partition coefficient (Wildman–Crippen LogP) is 4.05. The summed E-state index contributed by atoms with van der Waals surface area (Å²) in [6.45, 7) is 0. The van der Waals surface area contributed by atoms with Crippen LogP contribution in [0.25, 0.3) is 6.08 Å². The van der Waals surface area contributed by atoms with Crippen molar-refractivity contribution in [2.24, 2.45) is 0 Å². The maximum absolute atomic E-state index is 10.3. The topological polar surface area (TPSA) is 20.2 Å². The SMILES string of the molecule is OC1(/C=C/c2ccc(Cl)cc2)CCCCC1. The van der Waals surface area contributed by atoms with Crippen molar-refractivity contribution in [2.45, 2.75) is 37.7 Å². The first-order valence-corrected chi connectivity index (χ1v) is 6.23.